The Morgan fingerprint density at radius 2 is 1.67 bits per heavy atom. The summed E-state index contributed by atoms with van der Waals surface area (Å²) in [5, 5.41) is 22.9. The molecular formula is C20H26N6O6S. The molecule has 0 aliphatic heterocycles. The highest BCUT2D eigenvalue weighted by atomic mass is 32.2. The number of hydrogen-bond donors (Lipinski definition) is 7. The minimum atomic E-state index is -3.89. The number of carbonyl (C=O) groups excluding carboxylic acids is 2. The number of aliphatic hydroxyl groups excluding tert-OH is 1. The molecule has 0 fully saturated rings. The average molecular weight is 479 g/mol. The first kappa shape index (κ1) is 25.7. The van der Waals surface area contributed by atoms with E-state index in [1.807, 2.05) is 0 Å². The highest BCUT2D eigenvalue weighted by molar-refractivity contribution is 7.88. The van der Waals surface area contributed by atoms with Gasteiger partial charge in [0.15, 0.2) is 0 Å². The lowest BCUT2D eigenvalue weighted by molar-refractivity contribution is -0.127. The summed E-state index contributed by atoms with van der Waals surface area (Å²) in [5.74, 6) is -1.87. The molecule has 0 aliphatic rings. The lowest BCUT2D eigenvalue weighted by Crippen LogP contribution is -2.50. The highest BCUT2D eigenvalue weighted by Crippen LogP contribution is 2.12. The average Bonchev–Trinajstić information content (AvgIpc) is 2.80. The Labute approximate surface area is 190 Å². The van der Waals surface area contributed by atoms with E-state index in [0.29, 0.717) is 11.3 Å². The van der Waals surface area contributed by atoms with E-state index in [1.165, 1.54) is 0 Å². The number of benzene rings is 2. The van der Waals surface area contributed by atoms with Gasteiger partial charge in [0, 0.05) is 6.54 Å². The van der Waals surface area contributed by atoms with Crippen molar-refractivity contribution >= 4 is 33.5 Å². The van der Waals surface area contributed by atoms with Gasteiger partial charge in [0.2, 0.25) is 27.8 Å². The van der Waals surface area contributed by atoms with Crippen LogP contribution >= 0.6 is 0 Å². The molecule has 8 N–H and O–H groups in total. The normalized spacial score (nSPS) is 12.6. The van der Waals surface area contributed by atoms with Crippen LogP contribution in [0.2, 0.25) is 0 Å². The van der Waals surface area contributed by atoms with Gasteiger partial charge in [0.25, 0.3) is 0 Å². The zero-order valence-corrected chi connectivity index (χ0v) is 18.4. The van der Waals surface area contributed by atoms with Gasteiger partial charge in [-0.25, -0.2) is 23.6 Å². The van der Waals surface area contributed by atoms with Crippen LogP contribution in [-0.4, -0.2) is 55.7 Å². The summed E-state index contributed by atoms with van der Waals surface area (Å²) < 4.78 is 26.7. The van der Waals surface area contributed by atoms with Crippen molar-refractivity contribution in [3.63, 3.8) is 0 Å². The van der Waals surface area contributed by atoms with E-state index < -0.39 is 41.0 Å². The number of aliphatic hydroxyl groups is 1. The van der Waals surface area contributed by atoms with E-state index in [4.69, 9.17) is 10.9 Å². The van der Waals surface area contributed by atoms with Crippen LogP contribution in [0.4, 0.5) is 5.69 Å². The van der Waals surface area contributed by atoms with Crippen LogP contribution in [0.5, 0.6) is 0 Å². The molecule has 178 valence electrons. The molecule has 0 spiro atoms. The summed E-state index contributed by atoms with van der Waals surface area (Å²) in [6, 6.07) is 13.6. The number of guanidine groups is 1. The minimum absolute atomic E-state index is 0.166. The van der Waals surface area contributed by atoms with Crippen molar-refractivity contribution in [2.45, 2.75) is 18.3 Å². The number of carbonyl (C=O) groups is 2. The van der Waals surface area contributed by atoms with Gasteiger partial charge in [-0.2, -0.15) is 0 Å². The Kier molecular flexibility index (Phi) is 9.75. The van der Waals surface area contributed by atoms with E-state index in [2.05, 4.69) is 20.3 Å². The quantitative estimate of drug-likeness (QED) is 0.119. The van der Waals surface area contributed by atoms with Crippen LogP contribution < -0.4 is 26.6 Å². The number of nitrogens with zero attached hydrogens (tertiary/aromatic N) is 1. The fourth-order valence-corrected chi connectivity index (χ4v) is 3.96. The molecule has 1 atom stereocenters. The number of nitrogens with two attached hydrogens (primary N) is 1. The van der Waals surface area contributed by atoms with Gasteiger partial charge in [-0.1, -0.05) is 42.5 Å². The zero-order valence-electron chi connectivity index (χ0n) is 17.6. The van der Waals surface area contributed by atoms with Crippen LogP contribution in [-0.2, 0) is 31.9 Å². The fraction of sp³-hybridized carbons (Fsp3) is 0.250. The largest absolute Gasteiger partial charge is 0.394 e. The Morgan fingerprint density at radius 1 is 1.00 bits per heavy atom. The number of nitrogens with one attached hydrogen (secondary N) is 4. The van der Waals surface area contributed by atoms with Crippen LogP contribution in [0.1, 0.15) is 11.1 Å². The molecule has 33 heavy (non-hydrogen) atoms. The van der Waals surface area contributed by atoms with Crippen molar-refractivity contribution in [2.24, 2.45) is 10.7 Å². The smallest absolute Gasteiger partial charge is 0.240 e. The zero-order chi connectivity index (χ0) is 24.3. The summed E-state index contributed by atoms with van der Waals surface area (Å²) >= 11 is 0. The first-order chi connectivity index (χ1) is 15.7. The summed E-state index contributed by atoms with van der Waals surface area (Å²) in [7, 11) is -3.89. The maximum absolute atomic E-state index is 12.3. The van der Waals surface area contributed by atoms with Gasteiger partial charge in [-0.05, 0) is 23.3 Å². The van der Waals surface area contributed by atoms with Crippen molar-refractivity contribution in [2.75, 3.05) is 13.2 Å². The second-order valence-electron chi connectivity index (χ2n) is 6.87. The first-order valence-corrected chi connectivity index (χ1v) is 11.4. The summed E-state index contributed by atoms with van der Waals surface area (Å²) in [6.45, 7) is -1.01. The topological polar surface area (TPSA) is 195 Å². The molecule has 0 heterocycles. The molecule has 2 amide bonds. The second-order valence-corrected chi connectivity index (χ2v) is 8.62. The third-order valence-corrected chi connectivity index (χ3v) is 5.59. The van der Waals surface area contributed by atoms with Crippen molar-refractivity contribution in [1.29, 1.82) is 0 Å². The molecule has 0 aliphatic carbocycles. The molecule has 13 heteroatoms. The van der Waals surface area contributed by atoms with Gasteiger partial charge < -0.3 is 21.5 Å². The van der Waals surface area contributed by atoms with E-state index in [-0.39, 0.29) is 18.3 Å². The van der Waals surface area contributed by atoms with E-state index >= 15 is 0 Å². The summed E-state index contributed by atoms with van der Waals surface area (Å²) in [5.41, 5.74) is 8.80. The monoisotopic (exact) mass is 478 g/mol. The minimum Gasteiger partial charge on any atom is -0.394 e. The maximum atomic E-state index is 12.3. The van der Waals surface area contributed by atoms with Gasteiger partial charge in [-0.3, -0.25) is 14.8 Å². The van der Waals surface area contributed by atoms with Crippen LogP contribution in [0.15, 0.2) is 59.6 Å². The maximum Gasteiger partial charge on any atom is 0.240 e. The van der Waals surface area contributed by atoms with Gasteiger partial charge in [-0.15, -0.1) is 0 Å². The van der Waals surface area contributed by atoms with Gasteiger partial charge in [0.05, 0.1) is 24.6 Å². The number of rotatable bonds is 11. The molecule has 2 rings (SSSR count). The van der Waals surface area contributed by atoms with E-state index in [9.17, 15) is 23.1 Å². The lowest BCUT2D eigenvalue weighted by Gasteiger charge is -2.16. The van der Waals surface area contributed by atoms with E-state index in [1.54, 1.807) is 60.1 Å². The van der Waals surface area contributed by atoms with Crippen LogP contribution in [0, 0.1) is 0 Å². The van der Waals surface area contributed by atoms with Crippen LogP contribution in [0.3, 0.4) is 0 Å². The Balaban J connectivity index is 1.80. The van der Waals surface area contributed by atoms with Gasteiger partial charge in [0.1, 0.15) is 6.04 Å². The van der Waals surface area contributed by atoms with Crippen LogP contribution in [0.25, 0.3) is 0 Å². The molecule has 0 unspecified atom stereocenters. The predicted molar refractivity (Wildman–Crippen MR) is 121 cm³/mol. The molecule has 0 saturated heterocycles. The van der Waals surface area contributed by atoms with Crippen molar-refractivity contribution < 1.29 is 28.3 Å². The molecule has 0 saturated carbocycles. The molecule has 0 aromatic heterocycles. The van der Waals surface area contributed by atoms with Gasteiger partial charge >= 0.3 is 0 Å². The third kappa shape index (κ3) is 9.24. The Bertz CT molecular complexity index is 1060. The van der Waals surface area contributed by atoms with Crippen molar-refractivity contribution in [3.8, 4) is 0 Å². The van der Waals surface area contributed by atoms with Crippen molar-refractivity contribution in [1.82, 2.24) is 20.8 Å². The Morgan fingerprint density at radius 3 is 2.27 bits per heavy atom. The van der Waals surface area contributed by atoms with Crippen molar-refractivity contribution in [3.05, 3.63) is 65.7 Å². The number of amides is 2. The molecule has 0 bridgehead atoms. The SMILES string of the molecule is NC(=Nc1ccc(CNC(=O)CNC(=O)[C@H](CO)NS(=O)(=O)Cc2ccccc2)cc1)NO. The summed E-state index contributed by atoms with van der Waals surface area (Å²) in [6.07, 6.45) is 0. The lowest BCUT2D eigenvalue weighted by atomic mass is 10.2. The number of aliphatic imine (C=N–C) groups is 1. The predicted octanol–water partition coefficient (Wildman–Crippen LogP) is -1.18. The molecule has 12 nitrogen and oxygen atoms in total. The first-order valence-electron chi connectivity index (χ1n) is 9.75. The molecular weight excluding hydrogens is 452 g/mol. The molecule has 2 aromatic rings. The highest BCUT2D eigenvalue weighted by Gasteiger charge is 2.24. The Hall–Kier alpha value is -3.52. The summed E-state index contributed by atoms with van der Waals surface area (Å²) in [4.78, 5) is 28.1. The third-order valence-electron chi connectivity index (χ3n) is 4.23. The van der Waals surface area contributed by atoms with E-state index in [0.717, 1.165) is 5.56 Å². The number of hydroxylamine groups is 1. The second kappa shape index (κ2) is 12.5. The molecule has 2 aromatic carbocycles. The number of hydrogen-bond acceptors (Lipinski definition) is 7. The number of sulfonamides is 1. The fourth-order valence-electron chi connectivity index (χ4n) is 2.63. The standard InChI is InChI=1S/C20H26N6O6S/c21-20(25-30)24-16-8-6-14(7-9-16)10-22-18(28)11-23-19(29)17(12-27)26-33(31,32)13-15-4-2-1-3-5-15/h1-9,17,26-27,30H,10-13H2,(H,22,28)(H,23,29)(H3,21,24,25)/t17-/m0/s1. The molecule has 0 radical (unpaired) electrons.